The van der Waals surface area contributed by atoms with Gasteiger partial charge < -0.3 is 9.72 Å². The molecular weight excluding hydrogens is 405 g/mol. The van der Waals surface area contributed by atoms with Crippen molar-refractivity contribution in [3.05, 3.63) is 74.0 Å². The number of nitrogens with one attached hydrogen (secondary N) is 1. The van der Waals surface area contributed by atoms with Gasteiger partial charge in [-0.3, -0.25) is 4.79 Å². The molecule has 5 nitrogen and oxygen atoms in total. The summed E-state index contributed by atoms with van der Waals surface area (Å²) in [5.41, 5.74) is 1.32. The molecule has 2 aromatic carbocycles. The highest BCUT2D eigenvalue weighted by atomic mass is 35.5. The van der Waals surface area contributed by atoms with Crippen molar-refractivity contribution in [1.29, 1.82) is 5.26 Å². The molecule has 0 saturated carbocycles. The molecule has 0 aliphatic carbocycles. The first-order chi connectivity index (χ1) is 13.0. The van der Waals surface area contributed by atoms with Crippen LogP contribution in [0.5, 0.6) is 5.75 Å². The summed E-state index contributed by atoms with van der Waals surface area (Å²) in [7, 11) is 0. The molecule has 8 heteroatoms. The Morgan fingerprint density at radius 3 is 2.74 bits per heavy atom. The first-order valence-corrected chi connectivity index (χ1v) is 9.75. The van der Waals surface area contributed by atoms with Gasteiger partial charge in [-0.25, -0.2) is 4.98 Å². The highest BCUT2D eigenvalue weighted by molar-refractivity contribution is 7.98. The summed E-state index contributed by atoms with van der Waals surface area (Å²) in [6, 6.07) is 14.3. The fourth-order valence-corrected chi connectivity index (χ4v) is 3.09. The molecule has 0 radical (unpaired) electrons. The smallest absolute Gasteiger partial charge is 0.270 e. The first kappa shape index (κ1) is 19.3. The standard InChI is InChI=1S/C19H13Cl2N3O2S/c1-27-19-23-17(14(9-22)18(25)24-19)12-3-2-4-13(8-12)26-10-11-5-6-15(20)16(21)7-11/h2-8H,10H2,1H3,(H,23,24,25). The van der Waals surface area contributed by atoms with Crippen molar-refractivity contribution in [3.63, 3.8) is 0 Å². The minimum absolute atomic E-state index is 0.0329. The van der Waals surface area contributed by atoms with Crippen LogP contribution in [0.4, 0.5) is 0 Å². The maximum Gasteiger partial charge on any atom is 0.270 e. The van der Waals surface area contributed by atoms with Gasteiger partial charge in [0.15, 0.2) is 5.16 Å². The summed E-state index contributed by atoms with van der Waals surface area (Å²) in [6.45, 7) is 0.296. The lowest BCUT2D eigenvalue weighted by Crippen LogP contribution is -2.14. The number of ether oxygens (including phenoxy) is 1. The second-order valence-corrected chi connectivity index (χ2v) is 7.08. The Balaban J connectivity index is 1.90. The van der Waals surface area contributed by atoms with Crippen LogP contribution in [-0.4, -0.2) is 16.2 Å². The highest BCUT2D eigenvalue weighted by Crippen LogP contribution is 2.27. The van der Waals surface area contributed by atoms with Crippen molar-refractivity contribution in [2.24, 2.45) is 0 Å². The van der Waals surface area contributed by atoms with Gasteiger partial charge >= 0.3 is 0 Å². The van der Waals surface area contributed by atoms with E-state index in [4.69, 9.17) is 27.9 Å². The number of halogens is 2. The lowest BCUT2D eigenvalue weighted by atomic mass is 10.1. The Kier molecular flexibility index (Phi) is 6.07. The van der Waals surface area contributed by atoms with Gasteiger partial charge in [0.1, 0.15) is 24.0 Å². The fraction of sp³-hybridized carbons (Fsp3) is 0.105. The van der Waals surface area contributed by atoms with Gasteiger partial charge in [-0.2, -0.15) is 5.26 Å². The van der Waals surface area contributed by atoms with Crippen LogP contribution in [0.15, 0.2) is 52.4 Å². The minimum atomic E-state index is -0.464. The van der Waals surface area contributed by atoms with Gasteiger partial charge in [-0.05, 0) is 36.1 Å². The zero-order valence-electron chi connectivity index (χ0n) is 14.1. The molecule has 0 spiro atoms. The number of nitriles is 1. The number of hydrogen-bond acceptors (Lipinski definition) is 5. The molecule has 1 N–H and O–H groups in total. The summed E-state index contributed by atoms with van der Waals surface area (Å²) in [5, 5.41) is 10.7. The van der Waals surface area contributed by atoms with Crippen molar-refractivity contribution in [2.45, 2.75) is 11.8 Å². The number of thioether (sulfide) groups is 1. The van der Waals surface area contributed by atoms with E-state index in [9.17, 15) is 10.1 Å². The van der Waals surface area contributed by atoms with E-state index in [2.05, 4.69) is 9.97 Å². The van der Waals surface area contributed by atoms with Gasteiger partial charge in [0.2, 0.25) is 0 Å². The average molecular weight is 418 g/mol. The van der Waals surface area contributed by atoms with Gasteiger partial charge in [0.05, 0.1) is 15.7 Å². The number of rotatable bonds is 5. The number of hydrogen-bond donors (Lipinski definition) is 1. The Labute approximate surface area is 169 Å². The third kappa shape index (κ3) is 4.45. The summed E-state index contributed by atoms with van der Waals surface area (Å²) < 4.78 is 5.81. The third-order valence-corrected chi connectivity index (χ3v) is 5.02. The predicted octanol–water partition coefficient (Wildman–Crippen LogP) is 4.92. The molecule has 27 heavy (non-hydrogen) atoms. The zero-order valence-corrected chi connectivity index (χ0v) is 16.5. The first-order valence-electron chi connectivity index (χ1n) is 7.77. The van der Waals surface area contributed by atoms with E-state index >= 15 is 0 Å². The SMILES string of the molecule is CSc1nc(-c2cccc(OCc3ccc(Cl)c(Cl)c3)c2)c(C#N)c(=O)[nH]1. The molecule has 0 aliphatic rings. The summed E-state index contributed by atoms with van der Waals surface area (Å²) in [5.74, 6) is 0.579. The molecule has 136 valence electrons. The lowest BCUT2D eigenvalue weighted by molar-refractivity contribution is 0.306. The Morgan fingerprint density at radius 1 is 1.22 bits per heavy atom. The molecule has 0 aliphatic heterocycles. The Hall–Kier alpha value is -2.46. The molecule has 0 bridgehead atoms. The van der Waals surface area contributed by atoms with Crippen molar-refractivity contribution in [3.8, 4) is 23.1 Å². The summed E-state index contributed by atoms with van der Waals surface area (Å²) >= 11 is 13.2. The maximum absolute atomic E-state index is 12.1. The largest absolute Gasteiger partial charge is 0.489 e. The average Bonchev–Trinajstić information content (AvgIpc) is 2.68. The van der Waals surface area contributed by atoms with E-state index < -0.39 is 5.56 Å². The number of aromatic amines is 1. The van der Waals surface area contributed by atoms with E-state index in [0.29, 0.717) is 38.8 Å². The lowest BCUT2D eigenvalue weighted by Gasteiger charge is -2.10. The van der Waals surface area contributed by atoms with E-state index in [1.165, 1.54) is 11.8 Å². The highest BCUT2D eigenvalue weighted by Gasteiger charge is 2.14. The van der Waals surface area contributed by atoms with Crippen molar-refractivity contribution >= 4 is 35.0 Å². The second kappa shape index (κ2) is 8.49. The fourth-order valence-electron chi connectivity index (χ4n) is 2.39. The number of benzene rings is 2. The van der Waals surface area contributed by atoms with Crippen molar-refractivity contribution in [1.82, 2.24) is 9.97 Å². The molecule has 1 heterocycles. The Morgan fingerprint density at radius 2 is 2.04 bits per heavy atom. The van der Waals surface area contributed by atoms with E-state index in [0.717, 1.165) is 5.56 Å². The number of H-pyrrole nitrogens is 1. The molecule has 0 unspecified atom stereocenters. The van der Waals surface area contributed by atoms with Gasteiger partial charge in [-0.15, -0.1) is 0 Å². The van der Waals surface area contributed by atoms with Crippen LogP contribution in [-0.2, 0) is 6.61 Å². The monoisotopic (exact) mass is 417 g/mol. The Bertz CT molecular complexity index is 1090. The molecular formula is C19H13Cl2N3O2S. The van der Waals surface area contributed by atoms with Gasteiger partial charge in [-0.1, -0.05) is 53.2 Å². The van der Waals surface area contributed by atoms with Crippen LogP contribution in [0.3, 0.4) is 0 Å². The molecule has 1 aromatic heterocycles. The van der Waals surface area contributed by atoms with Gasteiger partial charge in [0, 0.05) is 5.56 Å². The van der Waals surface area contributed by atoms with Crippen LogP contribution in [0.1, 0.15) is 11.1 Å². The zero-order chi connectivity index (χ0) is 19.4. The van der Waals surface area contributed by atoms with Crippen LogP contribution in [0.25, 0.3) is 11.3 Å². The maximum atomic E-state index is 12.1. The van der Waals surface area contributed by atoms with E-state index in [1.54, 1.807) is 42.7 Å². The second-order valence-electron chi connectivity index (χ2n) is 5.48. The quantitative estimate of drug-likeness (QED) is 0.470. The van der Waals surface area contributed by atoms with E-state index in [-0.39, 0.29) is 5.56 Å². The van der Waals surface area contributed by atoms with Crippen LogP contribution < -0.4 is 10.3 Å². The van der Waals surface area contributed by atoms with E-state index in [1.807, 2.05) is 12.1 Å². The normalized spacial score (nSPS) is 10.4. The van der Waals surface area contributed by atoms with Crippen molar-refractivity contribution in [2.75, 3.05) is 6.26 Å². The van der Waals surface area contributed by atoms with Crippen LogP contribution in [0.2, 0.25) is 10.0 Å². The number of aromatic nitrogens is 2. The topological polar surface area (TPSA) is 78.8 Å². The number of nitrogens with zero attached hydrogens (tertiary/aromatic N) is 2. The summed E-state index contributed by atoms with van der Waals surface area (Å²) in [6.07, 6.45) is 1.80. The molecule has 3 aromatic rings. The molecule has 0 saturated heterocycles. The summed E-state index contributed by atoms with van der Waals surface area (Å²) in [4.78, 5) is 19.0. The van der Waals surface area contributed by atoms with Gasteiger partial charge in [0.25, 0.3) is 5.56 Å². The molecule has 0 amide bonds. The van der Waals surface area contributed by atoms with Crippen molar-refractivity contribution < 1.29 is 4.74 Å². The third-order valence-electron chi connectivity index (χ3n) is 3.70. The van der Waals surface area contributed by atoms with Crippen LogP contribution in [0, 0.1) is 11.3 Å². The molecule has 3 rings (SSSR count). The predicted molar refractivity (Wildman–Crippen MR) is 108 cm³/mol. The minimum Gasteiger partial charge on any atom is -0.489 e. The molecule has 0 fully saturated rings. The molecule has 0 atom stereocenters. The van der Waals surface area contributed by atoms with Crippen LogP contribution >= 0.6 is 35.0 Å².